The fourth-order valence-electron chi connectivity index (χ4n) is 3.93. The van der Waals surface area contributed by atoms with Crippen molar-refractivity contribution in [2.45, 2.75) is 64.5 Å². The van der Waals surface area contributed by atoms with Crippen molar-refractivity contribution < 1.29 is 4.42 Å². The van der Waals surface area contributed by atoms with Gasteiger partial charge in [-0.3, -0.25) is 4.90 Å². The molecule has 114 valence electrons. The zero-order valence-corrected chi connectivity index (χ0v) is 13.3. The lowest BCUT2D eigenvalue weighted by Gasteiger charge is -2.45. The van der Waals surface area contributed by atoms with Gasteiger partial charge in [0.1, 0.15) is 5.76 Å². The fourth-order valence-corrected chi connectivity index (χ4v) is 3.93. The number of nitrogens with zero attached hydrogens (tertiary/aromatic N) is 1. The third-order valence-electron chi connectivity index (χ3n) is 4.83. The molecule has 1 N–H and O–H groups in total. The highest BCUT2D eigenvalue weighted by atomic mass is 16.3. The van der Waals surface area contributed by atoms with E-state index in [1.807, 2.05) is 6.07 Å². The molecule has 0 radical (unpaired) electrons. The summed E-state index contributed by atoms with van der Waals surface area (Å²) in [5.74, 6) is 1.10. The number of rotatable bonds is 8. The van der Waals surface area contributed by atoms with Gasteiger partial charge in [-0.25, -0.2) is 0 Å². The van der Waals surface area contributed by atoms with Crippen LogP contribution in [0.4, 0.5) is 0 Å². The first-order chi connectivity index (χ1) is 9.78. The van der Waals surface area contributed by atoms with Crippen molar-refractivity contribution in [3.8, 4) is 0 Å². The van der Waals surface area contributed by atoms with E-state index < -0.39 is 0 Å². The molecule has 0 saturated heterocycles. The van der Waals surface area contributed by atoms with Gasteiger partial charge in [-0.15, -0.1) is 0 Å². The average molecular weight is 278 g/mol. The number of likely N-dealkylation sites (N-methyl/N-ethyl adjacent to an activating group) is 1. The van der Waals surface area contributed by atoms with Crippen molar-refractivity contribution in [3.63, 3.8) is 0 Å². The van der Waals surface area contributed by atoms with E-state index in [0.29, 0.717) is 6.04 Å². The second-order valence-electron chi connectivity index (χ2n) is 5.89. The first-order valence-electron chi connectivity index (χ1n) is 8.30. The molecule has 1 aliphatic carbocycles. The van der Waals surface area contributed by atoms with Gasteiger partial charge < -0.3 is 9.73 Å². The summed E-state index contributed by atoms with van der Waals surface area (Å²) >= 11 is 0. The smallest absolute Gasteiger partial charge is 0.122 e. The van der Waals surface area contributed by atoms with Crippen molar-refractivity contribution in [1.82, 2.24) is 10.2 Å². The molecule has 1 aromatic heterocycles. The highest BCUT2D eigenvalue weighted by molar-refractivity contribution is 5.15. The first-order valence-corrected chi connectivity index (χ1v) is 8.30. The Morgan fingerprint density at radius 3 is 2.45 bits per heavy atom. The maximum Gasteiger partial charge on any atom is 0.122 e. The van der Waals surface area contributed by atoms with E-state index in [9.17, 15) is 0 Å². The predicted octanol–water partition coefficient (Wildman–Crippen LogP) is 3.97. The summed E-state index contributed by atoms with van der Waals surface area (Å²) in [4.78, 5) is 2.65. The van der Waals surface area contributed by atoms with E-state index in [0.717, 1.165) is 31.8 Å². The van der Waals surface area contributed by atoms with Crippen molar-refractivity contribution >= 4 is 0 Å². The van der Waals surface area contributed by atoms with E-state index in [1.54, 1.807) is 6.26 Å². The van der Waals surface area contributed by atoms with Crippen molar-refractivity contribution in [2.24, 2.45) is 0 Å². The molecular weight excluding hydrogens is 248 g/mol. The predicted molar refractivity (Wildman–Crippen MR) is 83.9 cm³/mol. The highest BCUT2D eigenvalue weighted by Gasteiger charge is 2.46. The zero-order chi connectivity index (χ0) is 14.4. The molecule has 0 aromatic carbocycles. The van der Waals surface area contributed by atoms with Gasteiger partial charge in [0.2, 0.25) is 0 Å². The molecule has 20 heavy (non-hydrogen) atoms. The fraction of sp³-hybridized carbons (Fsp3) is 0.765. The van der Waals surface area contributed by atoms with Gasteiger partial charge in [-0.2, -0.15) is 0 Å². The third-order valence-corrected chi connectivity index (χ3v) is 4.83. The molecule has 1 unspecified atom stereocenters. The maximum atomic E-state index is 5.78. The summed E-state index contributed by atoms with van der Waals surface area (Å²) in [6.07, 6.45) is 8.18. The first kappa shape index (κ1) is 15.6. The van der Waals surface area contributed by atoms with Crippen LogP contribution >= 0.6 is 0 Å². The minimum atomic E-state index is 0.233. The van der Waals surface area contributed by atoms with Crippen LogP contribution in [0.15, 0.2) is 22.8 Å². The van der Waals surface area contributed by atoms with Gasteiger partial charge in [0.05, 0.1) is 12.3 Å². The van der Waals surface area contributed by atoms with E-state index in [1.165, 1.54) is 25.7 Å². The number of hydrogen-bond acceptors (Lipinski definition) is 3. The molecule has 1 heterocycles. The number of hydrogen-bond donors (Lipinski definition) is 1. The van der Waals surface area contributed by atoms with E-state index in [2.05, 4.69) is 37.1 Å². The summed E-state index contributed by atoms with van der Waals surface area (Å²) in [7, 11) is 0. The van der Waals surface area contributed by atoms with Crippen LogP contribution in [0.3, 0.4) is 0 Å². The summed E-state index contributed by atoms with van der Waals surface area (Å²) in [6.45, 7) is 10.1. The Bertz CT molecular complexity index is 364. The second-order valence-corrected chi connectivity index (χ2v) is 5.89. The molecule has 2 rings (SSSR count). The van der Waals surface area contributed by atoms with Crippen molar-refractivity contribution in [2.75, 3.05) is 19.6 Å². The normalized spacial score (nSPS) is 19.6. The molecule has 1 saturated carbocycles. The molecule has 3 heteroatoms. The van der Waals surface area contributed by atoms with Crippen LogP contribution in [-0.2, 0) is 0 Å². The Morgan fingerprint density at radius 1 is 1.25 bits per heavy atom. The summed E-state index contributed by atoms with van der Waals surface area (Å²) < 4.78 is 5.78. The monoisotopic (exact) mass is 278 g/mol. The standard InChI is InChI=1S/C17H30N2O/c1-4-13-18-16(15-10-9-14-20-15)17(11-7-8-12-17)19(5-2)6-3/h9-10,14,16,18H,4-8,11-13H2,1-3H3. The van der Waals surface area contributed by atoms with Gasteiger partial charge in [0, 0.05) is 5.54 Å². The van der Waals surface area contributed by atoms with Crippen LogP contribution in [0.5, 0.6) is 0 Å². The summed E-state index contributed by atoms with van der Waals surface area (Å²) in [5.41, 5.74) is 0.233. The molecule has 1 aromatic rings. The molecule has 3 nitrogen and oxygen atoms in total. The molecule has 0 spiro atoms. The Labute approximate surface area is 123 Å². The van der Waals surface area contributed by atoms with Crippen LogP contribution in [-0.4, -0.2) is 30.1 Å². The lowest BCUT2D eigenvalue weighted by molar-refractivity contribution is 0.0543. The summed E-state index contributed by atoms with van der Waals surface area (Å²) in [5, 5.41) is 3.77. The van der Waals surface area contributed by atoms with Crippen molar-refractivity contribution in [3.05, 3.63) is 24.2 Å². The maximum absolute atomic E-state index is 5.78. The summed E-state index contributed by atoms with van der Waals surface area (Å²) in [6, 6.07) is 4.47. The topological polar surface area (TPSA) is 28.4 Å². The number of furan rings is 1. The van der Waals surface area contributed by atoms with Gasteiger partial charge in [0.25, 0.3) is 0 Å². The van der Waals surface area contributed by atoms with Gasteiger partial charge in [-0.1, -0.05) is 33.6 Å². The SMILES string of the molecule is CCCNC(c1ccco1)C1(N(CC)CC)CCCC1. The quantitative estimate of drug-likeness (QED) is 0.780. The third kappa shape index (κ3) is 2.94. The van der Waals surface area contributed by atoms with Crippen LogP contribution in [0.25, 0.3) is 0 Å². The largest absolute Gasteiger partial charge is 0.468 e. The van der Waals surface area contributed by atoms with Gasteiger partial charge >= 0.3 is 0 Å². The molecule has 0 aliphatic heterocycles. The van der Waals surface area contributed by atoms with Crippen LogP contribution in [0.2, 0.25) is 0 Å². The average Bonchev–Trinajstić information content (AvgIpc) is 3.13. The van der Waals surface area contributed by atoms with Gasteiger partial charge in [-0.05, 0) is 51.0 Å². The van der Waals surface area contributed by atoms with Crippen LogP contribution in [0, 0.1) is 0 Å². The van der Waals surface area contributed by atoms with Crippen LogP contribution < -0.4 is 5.32 Å². The van der Waals surface area contributed by atoms with Crippen LogP contribution in [0.1, 0.15) is 64.7 Å². The molecular formula is C17H30N2O. The Kier molecular flexibility index (Phi) is 5.67. The lowest BCUT2D eigenvalue weighted by atomic mass is 9.84. The molecule has 1 fully saturated rings. The molecule has 1 atom stereocenters. The van der Waals surface area contributed by atoms with E-state index in [4.69, 9.17) is 4.42 Å². The van der Waals surface area contributed by atoms with E-state index >= 15 is 0 Å². The lowest BCUT2D eigenvalue weighted by Crippen LogP contribution is -2.55. The van der Waals surface area contributed by atoms with Crippen molar-refractivity contribution in [1.29, 1.82) is 0 Å². The number of nitrogens with one attached hydrogen (secondary N) is 1. The van der Waals surface area contributed by atoms with Gasteiger partial charge in [0.15, 0.2) is 0 Å². The van der Waals surface area contributed by atoms with E-state index in [-0.39, 0.29) is 5.54 Å². The second kappa shape index (κ2) is 7.28. The highest BCUT2D eigenvalue weighted by Crippen LogP contribution is 2.44. The Morgan fingerprint density at radius 2 is 1.95 bits per heavy atom. The Hall–Kier alpha value is -0.800. The molecule has 0 amide bonds. The minimum Gasteiger partial charge on any atom is -0.468 e. The zero-order valence-electron chi connectivity index (χ0n) is 13.3. The minimum absolute atomic E-state index is 0.233. The molecule has 0 bridgehead atoms. The molecule has 1 aliphatic rings. The Balaban J connectivity index is 2.31.